The number of rotatable bonds is 1. The van der Waals surface area contributed by atoms with E-state index in [0.29, 0.717) is 28.7 Å². The second-order valence-electron chi connectivity index (χ2n) is 4.78. The predicted octanol–water partition coefficient (Wildman–Crippen LogP) is 3.49. The lowest BCUT2D eigenvalue weighted by atomic mass is 10.0. The molecule has 2 heterocycles. The van der Waals surface area contributed by atoms with Crippen LogP contribution >= 0.6 is 23.2 Å². The monoisotopic (exact) mass is 310 g/mol. The Morgan fingerprint density at radius 2 is 2.15 bits per heavy atom. The van der Waals surface area contributed by atoms with Crippen LogP contribution in [0.2, 0.25) is 10.0 Å². The van der Waals surface area contributed by atoms with Crippen molar-refractivity contribution < 1.29 is 9.32 Å². The first-order valence-corrected chi connectivity index (χ1v) is 7.00. The first-order chi connectivity index (χ1) is 9.56. The fraction of sp³-hybridized carbons (Fsp3) is 0.286. The Morgan fingerprint density at radius 3 is 2.90 bits per heavy atom. The molecular formula is C14H12Cl2N2O2. The van der Waals surface area contributed by atoms with E-state index < -0.39 is 0 Å². The summed E-state index contributed by atoms with van der Waals surface area (Å²) in [6.07, 6.45) is 0.762. The number of halogens is 2. The Kier molecular flexibility index (Phi) is 3.44. The number of hydrogen-bond acceptors (Lipinski definition) is 3. The molecule has 0 N–H and O–H groups in total. The summed E-state index contributed by atoms with van der Waals surface area (Å²) in [7, 11) is 0. The van der Waals surface area contributed by atoms with Crippen molar-refractivity contribution in [3.05, 3.63) is 50.8 Å². The van der Waals surface area contributed by atoms with Crippen molar-refractivity contribution in [2.75, 3.05) is 6.54 Å². The molecule has 0 saturated heterocycles. The highest BCUT2D eigenvalue weighted by Crippen LogP contribution is 2.26. The average molecular weight is 311 g/mol. The van der Waals surface area contributed by atoms with Gasteiger partial charge in [0.25, 0.3) is 5.91 Å². The van der Waals surface area contributed by atoms with Crippen LogP contribution in [0.4, 0.5) is 0 Å². The molecule has 6 heteroatoms. The van der Waals surface area contributed by atoms with E-state index in [9.17, 15) is 4.79 Å². The molecule has 0 spiro atoms. The minimum Gasteiger partial charge on any atom is -0.359 e. The molecule has 0 radical (unpaired) electrons. The summed E-state index contributed by atoms with van der Waals surface area (Å²) >= 11 is 11.8. The zero-order chi connectivity index (χ0) is 14.3. The third-order valence-corrected chi connectivity index (χ3v) is 4.23. The van der Waals surface area contributed by atoms with Crippen molar-refractivity contribution >= 4 is 29.1 Å². The molecule has 1 aliphatic heterocycles. The van der Waals surface area contributed by atoms with Gasteiger partial charge in [0.15, 0.2) is 5.76 Å². The number of aryl methyl sites for hydroxylation is 1. The fourth-order valence-corrected chi connectivity index (χ4v) is 2.66. The molecule has 1 aliphatic rings. The van der Waals surface area contributed by atoms with Crippen molar-refractivity contribution in [1.29, 1.82) is 0 Å². The first kappa shape index (κ1) is 13.5. The number of carbonyl (C=O) groups excluding carboxylic acids is 1. The summed E-state index contributed by atoms with van der Waals surface area (Å²) < 4.78 is 5.25. The van der Waals surface area contributed by atoms with E-state index in [1.807, 2.05) is 6.92 Å². The number of carbonyl (C=O) groups is 1. The summed E-state index contributed by atoms with van der Waals surface area (Å²) in [6.45, 7) is 3.00. The van der Waals surface area contributed by atoms with E-state index in [0.717, 1.165) is 23.4 Å². The summed E-state index contributed by atoms with van der Waals surface area (Å²) in [6, 6.07) is 4.90. The number of benzene rings is 1. The molecule has 0 bridgehead atoms. The molecule has 4 nitrogen and oxygen atoms in total. The summed E-state index contributed by atoms with van der Waals surface area (Å²) in [5.74, 6) is 0.686. The highest BCUT2D eigenvalue weighted by Gasteiger charge is 2.26. The van der Waals surface area contributed by atoms with Gasteiger partial charge in [0, 0.05) is 17.7 Å². The molecule has 0 saturated carbocycles. The minimum absolute atomic E-state index is 0.0803. The van der Waals surface area contributed by atoms with Gasteiger partial charge in [0.05, 0.1) is 22.3 Å². The number of nitrogens with zero attached hydrogens (tertiary/aromatic N) is 2. The normalized spacial score (nSPS) is 14.2. The van der Waals surface area contributed by atoms with Gasteiger partial charge in [-0.2, -0.15) is 0 Å². The minimum atomic E-state index is -0.0803. The Hall–Kier alpha value is -1.52. The van der Waals surface area contributed by atoms with Gasteiger partial charge >= 0.3 is 0 Å². The maximum atomic E-state index is 12.4. The van der Waals surface area contributed by atoms with E-state index in [1.165, 1.54) is 0 Å². The molecule has 0 unspecified atom stereocenters. The smallest absolute Gasteiger partial charge is 0.254 e. The van der Waals surface area contributed by atoms with Crippen LogP contribution in [0.15, 0.2) is 22.7 Å². The van der Waals surface area contributed by atoms with Crippen LogP contribution in [0.25, 0.3) is 0 Å². The van der Waals surface area contributed by atoms with Crippen molar-refractivity contribution in [3.8, 4) is 0 Å². The maximum Gasteiger partial charge on any atom is 0.254 e. The largest absolute Gasteiger partial charge is 0.359 e. The lowest BCUT2D eigenvalue weighted by molar-refractivity contribution is 0.0716. The molecule has 3 rings (SSSR count). The Balaban J connectivity index is 1.83. The average Bonchev–Trinajstić information content (AvgIpc) is 2.82. The first-order valence-electron chi connectivity index (χ1n) is 6.24. The van der Waals surface area contributed by atoms with Crippen molar-refractivity contribution in [1.82, 2.24) is 10.1 Å². The lowest BCUT2D eigenvalue weighted by Crippen LogP contribution is -2.35. The van der Waals surface area contributed by atoms with Crippen LogP contribution in [-0.2, 0) is 13.0 Å². The van der Waals surface area contributed by atoms with E-state index in [2.05, 4.69) is 5.16 Å². The Bertz CT molecular complexity index is 682. The van der Waals surface area contributed by atoms with Gasteiger partial charge in [0.2, 0.25) is 0 Å². The quantitative estimate of drug-likeness (QED) is 0.810. The van der Waals surface area contributed by atoms with Gasteiger partial charge in [-0.15, -0.1) is 0 Å². The highest BCUT2D eigenvalue weighted by molar-refractivity contribution is 6.42. The van der Waals surface area contributed by atoms with Gasteiger partial charge in [0.1, 0.15) is 0 Å². The van der Waals surface area contributed by atoms with Gasteiger partial charge < -0.3 is 9.42 Å². The molecule has 104 valence electrons. The third-order valence-electron chi connectivity index (χ3n) is 3.49. The number of amides is 1. The van der Waals surface area contributed by atoms with Crippen molar-refractivity contribution in [2.45, 2.75) is 19.9 Å². The molecule has 2 aromatic rings. The predicted molar refractivity (Wildman–Crippen MR) is 76.1 cm³/mol. The number of hydrogen-bond donors (Lipinski definition) is 0. The van der Waals surface area contributed by atoms with Crippen LogP contribution in [0.3, 0.4) is 0 Å². The molecule has 0 atom stereocenters. The van der Waals surface area contributed by atoms with Gasteiger partial charge in [-0.25, -0.2) is 0 Å². The fourth-order valence-electron chi connectivity index (χ4n) is 2.36. The Labute approximate surface area is 126 Å². The van der Waals surface area contributed by atoms with Crippen LogP contribution in [0.5, 0.6) is 0 Å². The topological polar surface area (TPSA) is 46.3 Å². The van der Waals surface area contributed by atoms with Crippen LogP contribution in [0.1, 0.15) is 27.4 Å². The number of fused-ring (bicyclic) bond motifs is 1. The van der Waals surface area contributed by atoms with Gasteiger partial charge in [-0.3, -0.25) is 4.79 Å². The second kappa shape index (κ2) is 5.11. The SMILES string of the molecule is Cc1noc2c1CCN(C(=O)c1ccc(Cl)c(Cl)c1)C2. The molecular weight excluding hydrogens is 299 g/mol. The van der Waals surface area contributed by atoms with Crippen LogP contribution in [0, 0.1) is 6.92 Å². The van der Waals surface area contributed by atoms with Gasteiger partial charge in [-0.1, -0.05) is 28.4 Å². The van der Waals surface area contributed by atoms with Crippen molar-refractivity contribution in [3.63, 3.8) is 0 Å². The molecule has 1 aromatic heterocycles. The summed E-state index contributed by atoms with van der Waals surface area (Å²) in [5, 5.41) is 4.76. The molecule has 20 heavy (non-hydrogen) atoms. The number of aromatic nitrogens is 1. The highest BCUT2D eigenvalue weighted by atomic mass is 35.5. The van der Waals surface area contributed by atoms with E-state index in [4.69, 9.17) is 27.7 Å². The van der Waals surface area contributed by atoms with Gasteiger partial charge in [-0.05, 0) is 31.5 Å². The maximum absolute atomic E-state index is 12.4. The molecule has 0 fully saturated rings. The molecule has 1 aromatic carbocycles. The van der Waals surface area contributed by atoms with E-state index in [-0.39, 0.29) is 5.91 Å². The summed E-state index contributed by atoms with van der Waals surface area (Å²) in [4.78, 5) is 14.2. The second-order valence-corrected chi connectivity index (χ2v) is 5.59. The van der Waals surface area contributed by atoms with E-state index >= 15 is 0 Å². The Morgan fingerprint density at radius 1 is 1.35 bits per heavy atom. The van der Waals surface area contributed by atoms with E-state index in [1.54, 1.807) is 23.1 Å². The van der Waals surface area contributed by atoms with Crippen LogP contribution in [-0.4, -0.2) is 22.5 Å². The summed E-state index contributed by atoms with van der Waals surface area (Å²) in [5.41, 5.74) is 2.55. The molecule has 0 aliphatic carbocycles. The zero-order valence-corrected chi connectivity index (χ0v) is 12.3. The van der Waals surface area contributed by atoms with Crippen LogP contribution < -0.4 is 0 Å². The third kappa shape index (κ3) is 2.30. The zero-order valence-electron chi connectivity index (χ0n) is 10.8. The molecule has 1 amide bonds. The van der Waals surface area contributed by atoms with Crippen molar-refractivity contribution in [2.24, 2.45) is 0 Å². The standard InChI is InChI=1S/C14H12Cl2N2O2/c1-8-10-4-5-18(7-13(10)20-17-8)14(19)9-2-3-11(15)12(16)6-9/h2-3,6H,4-5,7H2,1H3. The lowest BCUT2D eigenvalue weighted by Gasteiger charge is -2.25.